The van der Waals surface area contributed by atoms with E-state index in [9.17, 15) is 0 Å². The van der Waals surface area contributed by atoms with Gasteiger partial charge in [0.1, 0.15) is 17.6 Å². The fraction of sp³-hybridized carbons (Fsp3) is 0.250. The van der Waals surface area contributed by atoms with Gasteiger partial charge >= 0.3 is 0 Å². The molecule has 1 atom stereocenters. The van der Waals surface area contributed by atoms with Crippen molar-refractivity contribution in [2.45, 2.75) is 13.0 Å². The quantitative estimate of drug-likeness (QED) is 0.913. The van der Waals surface area contributed by atoms with E-state index in [4.69, 9.17) is 26.8 Å². The predicted octanol–water partition coefficient (Wildman–Crippen LogP) is 3.74. The molecule has 0 spiro atoms. The molecule has 0 aliphatic heterocycles. The Bertz CT molecular complexity index is 569. The number of ether oxygens (including phenoxy) is 2. The summed E-state index contributed by atoms with van der Waals surface area (Å²) in [7, 11) is 1.64. The zero-order valence-electron chi connectivity index (χ0n) is 11.6. The third kappa shape index (κ3) is 3.44. The summed E-state index contributed by atoms with van der Waals surface area (Å²) in [6.45, 7) is 2.37. The van der Waals surface area contributed by atoms with Crippen molar-refractivity contribution in [2.75, 3.05) is 13.7 Å². The van der Waals surface area contributed by atoms with Crippen LogP contribution in [0.2, 0.25) is 5.02 Å². The lowest BCUT2D eigenvalue weighted by Gasteiger charge is -2.19. The second-order valence-corrected chi connectivity index (χ2v) is 4.96. The van der Waals surface area contributed by atoms with Crippen molar-refractivity contribution in [1.29, 1.82) is 0 Å². The van der Waals surface area contributed by atoms with Crippen molar-refractivity contribution in [1.82, 2.24) is 0 Å². The van der Waals surface area contributed by atoms with Gasteiger partial charge in [0.25, 0.3) is 0 Å². The van der Waals surface area contributed by atoms with Crippen LogP contribution in [0, 0.1) is 6.92 Å². The van der Waals surface area contributed by atoms with Crippen LogP contribution in [0.5, 0.6) is 11.5 Å². The summed E-state index contributed by atoms with van der Waals surface area (Å²) in [6.07, 6.45) is -0.210. The third-order valence-electron chi connectivity index (χ3n) is 3.12. The Kier molecular flexibility index (Phi) is 4.88. The standard InChI is InChI=1S/C16H18ClNO2/c1-11-3-6-13(17)9-15(11)20-16(10-18)12-4-7-14(19-2)8-5-12/h3-9,16H,10,18H2,1-2H3. The molecule has 0 aromatic heterocycles. The summed E-state index contributed by atoms with van der Waals surface area (Å²) < 4.78 is 11.1. The molecule has 2 aromatic carbocycles. The zero-order chi connectivity index (χ0) is 14.5. The molecule has 2 rings (SSSR count). The highest BCUT2D eigenvalue weighted by Crippen LogP contribution is 2.28. The molecule has 20 heavy (non-hydrogen) atoms. The molecule has 0 bridgehead atoms. The van der Waals surface area contributed by atoms with Gasteiger partial charge in [0.2, 0.25) is 0 Å². The largest absolute Gasteiger partial charge is 0.497 e. The van der Waals surface area contributed by atoms with E-state index in [2.05, 4.69) is 0 Å². The highest BCUT2D eigenvalue weighted by Gasteiger charge is 2.13. The van der Waals surface area contributed by atoms with Gasteiger partial charge in [0.05, 0.1) is 7.11 Å². The van der Waals surface area contributed by atoms with Crippen LogP contribution >= 0.6 is 11.6 Å². The van der Waals surface area contributed by atoms with E-state index in [1.165, 1.54) is 0 Å². The van der Waals surface area contributed by atoms with Gasteiger partial charge in [-0.1, -0.05) is 29.8 Å². The second kappa shape index (κ2) is 6.64. The number of benzene rings is 2. The Balaban J connectivity index is 2.21. The van der Waals surface area contributed by atoms with Crippen LogP contribution in [-0.4, -0.2) is 13.7 Å². The molecule has 2 N–H and O–H groups in total. The number of aryl methyl sites for hydroxylation is 1. The summed E-state index contributed by atoms with van der Waals surface area (Å²) >= 11 is 6.00. The van der Waals surface area contributed by atoms with E-state index >= 15 is 0 Å². The number of halogens is 1. The van der Waals surface area contributed by atoms with Gasteiger partial charge in [-0.25, -0.2) is 0 Å². The topological polar surface area (TPSA) is 44.5 Å². The number of hydrogen-bond donors (Lipinski definition) is 1. The molecule has 3 nitrogen and oxygen atoms in total. The minimum Gasteiger partial charge on any atom is -0.497 e. The van der Waals surface area contributed by atoms with Gasteiger partial charge in [-0.2, -0.15) is 0 Å². The maximum atomic E-state index is 6.00. The predicted molar refractivity (Wildman–Crippen MR) is 81.6 cm³/mol. The molecule has 0 fully saturated rings. The highest BCUT2D eigenvalue weighted by atomic mass is 35.5. The van der Waals surface area contributed by atoms with E-state index < -0.39 is 0 Å². The molecule has 0 aliphatic carbocycles. The molecule has 0 radical (unpaired) electrons. The van der Waals surface area contributed by atoms with Gasteiger partial charge in [-0.05, 0) is 42.3 Å². The maximum Gasteiger partial charge on any atom is 0.136 e. The molecular weight excluding hydrogens is 274 g/mol. The van der Waals surface area contributed by atoms with Crippen molar-refractivity contribution < 1.29 is 9.47 Å². The number of hydrogen-bond acceptors (Lipinski definition) is 3. The molecule has 0 saturated heterocycles. The lowest BCUT2D eigenvalue weighted by molar-refractivity contribution is 0.212. The monoisotopic (exact) mass is 291 g/mol. The van der Waals surface area contributed by atoms with E-state index in [1.807, 2.05) is 49.4 Å². The Labute approximate surface area is 124 Å². The molecule has 1 unspecified atom stereocenters. The Morgan fingerprint density at radius 2 is 1.85 bits per heavy atom. The van der Waals surface area contributed by atoms with Gasteiger partial charge in [0, 0.05) is 11.6 Å². The maximum absolute atomic E-state index is 6.00. The highest BCUT2D eigenvalue weighted by molar-refractivity contribution is 6.30. The minimum absolute atomic E-state index is 0.210. The summed E-state index contributed by atoms with van der Waals surface area (Å²) in [5.74, 6) is 1.56. The van der Waals surface area contributed by atoms with Crippen molar-refractivity contribution in [2.24, 2.45) is 5.73 Å². The smallest absolute Gasteiger partial charge is 0.136 e. The van der Waals surface area contributed by atoms with Crippen LogP contribution in [0.3, 0.4) is 0 Å². The lowest BCUT2D eigenvalue weighted by Crippen LogP contribution is -2.18. The molecular formula is C16H18ClNO2. The van der Waals surface area contributed by atoms with Crippen molar-refractivity contribution in [3.63, 3.8) is 0 Å². The molecule has 0 amide bonds. The zero-order valence-corrected chi connectivity index (χ0v) is 12.4. The van der Waals surface area contributed by atoms with Crippen LogP contribution in [0.25, 0.3) is 0 Å². The van der Waals surface area contributed by atoms with Crippen molar-refractivity contribution >= 4 is 11.6 Å². The van der Waals surface area contributed by atoms with Crippen LogP contribution in [0.4, 0.5) is 0 Å². The van der Waals surface area contributed by atoms with Gasteiger partial charge in [-0.3, -0.25) is 0 Å². The van der Waals surface area contributed by atoms with Crippen LogP contribution < -0.4 is 15.2 Å². The van der Waals surface area contributed by atoms with Gasteiger partial charge < -0.3 is 15.2 Å². The van der Waals surface area contributed by atoms with Crippen LogP contribution in [0.15, 0.2) is 42.5 Å². The normalized spacial score (nSPS) is 12.0. The first kappa shape index (κ1) is 14.7. The lowest BCUT2D eigenvalue weighted by atomic mass is 10.1. The van der Waals surface area contributed by atoms with E-state index in [0.29, 0.717) is 11.6 Å². The van der Waals surface area contributed by atoms with E-state index in [-0.39, 0.29) is 6.10 Å². The van der Waals surface area contributed by atoms with Gasteiger partial charge in [-0.15, -0.1) is 0 Å². The third-order valence-corrected chi connectivity index (χ3v) is 3.36. The first-order chi connectivity index (χ1) is 9.63. The Hall–Kier alpha value is -1.71. The van der Waals surface area contributed by atoms with Crippen LogP contribution in [0.1, 0.15) is 17.2 Å². The summed E-state index contributed by atoms with van der Waals surface area (Å²) in [5, 5.41) is 0.649. The Morgan fingerprint density at radius 3 is 2.45 bits per heavy atom. The summed E-state index contributed by atoms with van der Waals surface area (Å²) in [4.78, 5) is 0. The molecule has 106 valence electrons. The van der Waals surface area contributed by atoms with Crippen molar-refractivity contribution in [3.05, 3.63) is 58.6 Å². The molecule has 0 heterocycles. The second-order valence-electron chi connectivity index (χ2n) is 4.53. The number of nitrogens with two attached hydrogens (primary N) is 1. The SMILES string of the molecule is COc1ccc(C(CN)Oc2cc(Cl)ccc2C)cc1. The van der Waals surface area contributed by atoms with Crippen LogP contribution in [-0.2, 0) is 0 Å². The average Bonchev–Trinajstić information content (AvgIpc) is 2.48. The molecule has 2 aromatic rings. The fourth-order valence-corrected chi connectivity index (χ4v) is 2.09. The number of rotatable bonds is 5. The average molecular weight is 292 g/mol. The van der Waals surface area contributed by atoms with Gasteiger partial charge in [0.15, 0.2) is 0 Å². The molecule has 0 aliphatic rings. The minimum atomic E-state index is -0.210. The Morgan fingerprint density at radius 1 is 1.15 bits per heavy atom. The fourth-order valence-electron chi connectivity index (χ4n) is 1.92. The van der Waals surface area contributed by atoms with E-state index in [0.717, 1.165) is 22.6 Å². The number of methoxy groups -OCH3 is 1. The summed E-state index contributed by atoms with van der Waals surface area (Å²) in [6, 6.07) is 13.3. The van der Waals surface area contributed by atoms with Crippen molar-refractivity contribution in [3.8, 4) is 11.5 Å². The first-order valence-corrected chi connectivity index (χ1v) is 6.78. The van der Waals surface area contributed by atoms with E-state index in [1.54, 1.807) is 7.11 Å². The first-order valence-electron chi connectivity index (χ1n) is 6.41. The molecule has 0 saturated carbocycles. The summed E-state index contributed by atoms with van der Waals surface area (Å²) in [5.41, 5.74) is 7.86. The molecule has 4 heteroatoms.